The minimum atomic E-state index is -0.382. The fraction of sp³-hybridized carbons (Fsp3) is 0.400. The number of nitrogens with two attached hydrogens (primary N) is 1. The van der Waals surface area contributed by atoms with Gasteiger partial charge in [-0.25, -0.2) is 4.39 Å². The second-order valence-corrected chi connectivity index (χ2v) is 3.61. The van der Waals surface area contributed by atoms with Crippen molar-refractivity contribution in [3.8, 4) is 0 Å². The van der Waals surface area contributed by atoms with E-state index in [1.54, 1.807) is 6.07 Å². The van der Waals surface area contributed by atoms with Gasteiger partial charge in [0.25, 0.3) is 0 Å². The van der Waals surface area contributed by atoms with E-state index in [1.165, 1.54) is 12.1 Å². The van der Waals surface area contributed by atoms with E-state index in [-0.39, 0.29) is 18.5 Å². The molecule has 0 aliphatic carbocycles. The number of halogens is 2. The van der Waals surface area contributed by atoms with Crippen molar-refractivity contribution in [2.24, 2.45) is 5.73 Å². The van der Waals surface area contributed by atoms with Gasteiger partial charge in [-0.05, 0) is 36.6 Å². The van der Waals surface area contributed by atoms with Crippen LogP contribution in [0.2, 0.25) is 5.02 Å². The molecule has 0 fully saturated rings. The quantitative estimate of drug-likeness (QED) is 0.813. The average Bonchev–Trinajstić information content (AvgIpc) is 2.12. The Bertz CT molecular complexity index is 286. The highest BCUT2D eigenvalue weighted by Crippen LogP contribution is 2.21. The monoisotopic (exact) mass is 217 g/mol. The van der Waals surface area contributed by atoms with Crippen LogP contribution in [-0.4, -0.2) is 11.7 Å². The zero-order valence-electron chi connectivity index (χ0n) is 7.71. The number of rotatable bonds is 4. The minimum Gasteiger partial charge on any atom is -0.396 e. The molecule has 2 nitrogen and oxygen atoms in total. The molecule has 14 heavy (non-hydrogen) atoms. The summed E-state index contributed by atoms with van der Waals surface area (Å²) in [5.74, 6) is -0.382. The van der Waals surface area contributed by atoms with E-state index in [2.05, 4.69) is 0 Å². The highest BCUT2D eigenvalue weighted by molar-refractivity contribution is 6.30. The predicted octanol–water partition coefficient (Wildman–Crippen LogP) is 2.25. The van der Waals surface area contributed by atoms with Gasteiger partial charge < -0.3 is 10.8 Å². The lowest BCUT2D eigenvalue weighted by Gasteiger charge is -2.11. The van der Waals surface area contributed by atoms with Crippen LogP contribution in [0.1, 0.15) is 24.4 Å². The zero-order chi connectivity index (χ0) is 10.6. The second kappa shape index (κ2) is 5.29. The molecule has 0 unspecified atom stereocenters. The number of hydrogen-bond acceptors (Lipinski definition) is 2. The van der Waals surface area contributed by atoms with Gasteiger partial charge in [0.15, 0.2) is 0 Å². The largest absolute Gasteiger partial charge is 0.396 e. The molecule has 0 aliphatic rings. The molecule has 3 N–H and O–H groups in total. The van der Waals surface area contributed by atoms with Gasteiger partial charge in [0, 0.05) is 17.7 Å². The summed E-state index contributed by atoms with van der Waals surface area (Å²) >= 11 is 5.68. The number of benzene rings is 1. The summed E-state index contributed by atoms with van der Waals surface area (Å²) in [5, 5.41) is 8.96. The van der Waals surface area contributed by atoms with Crippen molar-refractivity contribution in [1.29, 1.82) is 0 Å². The van der Waals surface area contributed by atoms with E-state index in [0.29, 0.717) is 23.4 Å². The summed E-state index contributed by atoms with van der Waals surface area (Å²) in [6.45, 7) is 0.0940. The van der Waals surface area contributed by atoms with E-state index < -0.39 is 0 Å². The van der Waals surface area contributed by atoms with Crippen LogP contribution in [-0.2, 0) is 0 Å². The molecular formula is C10H13ClFNO. The predicted molar refractivity (Wildman–Crippen MR) is 54.7 cm³/mol. The first kappa shape index (κ1) is 11.4. The van der Waals surface area contributed by atoms with Crippen LogP contribution in [0.4, 0.5) is 4.39 Å². The summed E-state index contributed by atoms with van der Waals surface area (Å²) in [7, 11) is 0. The standard InChI is InChI=1S/C10H13ClFNO/c11-8-4-7(5-9(12)6-8)10(13)2-1-3-14/h4-6,10,14H,1-3,13H2/t10-/m0/s1. The molecule has 1 rings (SSSR count). The summed E-state index contributed by atoms with van der Waals surface area (Å²) in [6, 6.07) is 3.99. The molecule has 0 spiro atoms. The van der Waals surface area contributed by atoms with E-state index in [0.717, 1.165) is 0 Å². The Hall–Kier alpha value is -0.640. The van der Waals surface area contributed by atoms with Crippen LogP contribution in [0.3, 0.4) is 0 Å². The molecule has 0 bridgehead atoms. The Morgan fingerprint density at radius 2 is 2.14 bits per heavy atom. The maximum absolute atomic E-state index is 12.9. The van der Waals surface area contributed by atoms with E-state index in [4.69, 9.17) is 22.4 Å². The van der Waals surface area contributed by atoms with Crippen molar-refractivity contribution >= 4 is 11.6 Å². The van der Waals surface area contributed by atoms with E-state index in [9.17, 15) is 4.39 Å². The topological polar surface area (TPSA) is 46.2 Å². The van der Waals surface area contributed by atoms with E-state index in [1.807, 2.05) is 0 Å². The van der Waals surface area contributed by atoms with Crippen LogP contribution in [0.5, 0.6) is 0 Å². The number of hydrogen-bond donors (Lipinski definition) is 2. The molecule has 1 aromatic carbocycles. The molecule has 0 heterocycles. The summed E-state index contributed by atoms with van der Waals surface area (Å²) < 4.78 is 12.9. The molecule has 0 aliphatic heterocycles. The first-order chi connectivity index (χ1) is 6.63. The third-order valence-electron chi connectivity index (χ3n) is 1.99. The lowest BCUT2D eigenvalue weighted by Crippen LogP contribution is -2.11. The van der Waals surface area contributed by atoms with Crippen molar-refractivity contribution in [2.45, 2.75) is 18.9 Å². The second-order valence-electron chi connectivity index (χ2n) is 3.18. The van der Waals surface area contributed by atoms with Crippen molar-refractivity contribution in [2.75, 3.05) is 6.61 Å². The van der Waals surface area contributed by atoms with Crippen molar-refractivity contribution in [3.63, 3.8) is 0 Å². The highest BCUT2D eigenvalue weighted by atomic mass is 35.5. The SMILES string of the molecule is N[C@@H](CCCO)c1cc(F)cc(Cl)c1. The lowest BCUT2D eigenvalue weighted by atomic mass is 10.0. The molecule has 0 radical (unpaired) electrons. The summed E-state index contributed by atoms with van der Waals surface area (Å²) in [5.41, 5.74) is 6.45. The van der Waals surface area contributed by atoms with Gasteiger partial charge >= 0.3 is 0 Å². The fourth-order valence-corrected chi connectivity index (χ4v) is 1.50. The number of aliphatic hydroxyl groups is 1. The Morgan fingerprint density at radius 1 is 1.43 bits per heavy atom. The fourth-order valence-electron chi connectivity index (χ4n) is 1.27. The van der Waals surface area contributed by atoms with Gasteiger partial charge in [0.2, 0.25) is 0 Å². The molecular weight excluding hydrogens is 205 g/mol. The Morgan fingerprint density at radius 3 is 2.71 bits per heavy atom. The van der Waals surface area contributed by atoms with Crippen molar-refractivity contribution in [3.05, 3.63) is 34.6 Å². The Labute approximate surface area is 87.5 Å². The smallest absolute Gasteiger partial charge is 0.125 e. The highest BCUT2D eigenvalue weighted by Gasteiger charge is 2.07. The molecule has 0 amide bonds. The average molecular weight is 218 g/mol. The van der Waals surface area contributed by atoms with Gasteiger partial charge in [-0.15, -0.1) is 0 Å². The maximum atomic E-state index is 12.9. The van der Waals surface area contributed by atoms with Crippen LogP contribution in [0.15, 0.2) is 18.2 Å². The third kappa shape index (κ3) is 3.25. The maximum Gasteiger partial charge on any atom is 0.125 e. The van der Waals surface area contributed by atoms with Crippen LogP contribution < -0.4 is 5.73 Å². The lowest BCUT2D eigenvalue weighted by molar-refractivity contribution is 0.280. The van der Waals surface area contributed by atoms with Gasteiger partial charge in [-0.3, -0.25) is 0 Å². The minimum absolute atomic E-state index is 0.0940. The van der Waals surface area contributed by atoms with Gasteiger partial charge in [-0.1, -0.05) is 11.6 Å². The van der Waals surface area contributed by atoms with E-state index >= 15 is 0 Å². The molecule has 0 saturated carbocycles. The summed E-state index contributed by atoms with van der Waals surface area (Å²) in [4.78, 5) is 0. The molecule has 0 aromatic heterocycles. The molecule has 1 aromatic rings. The summed E-state index contributed by atoms with van der Waals surface area (Å²) in [6.07, 6.45) is 1.23. The van der Waals surface area contributed by atoms with Crippen molar-refractivity contribution < 1.29 is 9.50 Å². The Kier molecular flexibility index (Phi) is 4.32. The van der Waals surface area contributed by atoms with Gasteiger partial charge in [0.05, 0.1) is 0 Å². The molecule has 0 saturated heterocycles. The van der Waals surface area contributed by atoms with Crippen LogP contribution >= 0.6 is 11.6 Å². The van der Waals surface area contributed by atoms with Crippen LogP contribution in [0.25, 0.3) is 0 Å². The van der Waals surface area contributed by atoms with Gasteiger partial charge in [-0.2, -0.15) is 0 Å². The zero-order valence-corrected chi connectivity index (χ0v) is 8.47. The molecule has 78 valence electrons. The first-order valence-corrected chi connectivity index (χ1v) is 4.83. The van der Waals surface area contributed by atoms with Gasteiger partial charge in [0.1, 0.15) is 5.82 Å². The first-order valence-electron chi connectivity index (χ1n) is 4.46. The third-order valence-corrected chi connectivity index (χ3v) is 2.20. The Balaban J connectivity index is 2.73. The normalized spacial score (nSPS) is 12.9. The van der Waals surface area contributed by atoms with Crippen molar-refractivity contribution in [1.82, 2.24) is 0 Å². The number of aliphatic hydroxyl groups excluding tert-OH is 1. The molecule has 1 atom stereocenters. The molecule has 4 heteroatoms. The van der Waals surface area contributed by atoms with Crippen LogP contribution in [0, 0.1) is 5.82 Å².